The molecule has 3 amide bonds. The minimum Gasteiger partial charge on any atom is -0.398 e. The molecule has 6 N–H and O–H groups in total. The highest BCUT2D eigenvalue weighted by Crippen LogP contribution is 2.22. The molecule has 3 atom stereocenters. The Balaban J connectivity index is 0.000000272. The zero-order valence-corrected chi connectivity index (χ0v) is 30.6. The first-order valence-electron chi connectivity index (χ1n) is 17.6. The number of hydrogen-bond donors (Lipinski definition) is 5. The lowest BCUT2D eigenvalue weighted by Gasteiger charge is -2.25. The van der Waals surface area contributed by atoms with Crippen LogP contribution in [0.4, 0.5) is 5.69 Å². The van der Waals surface area contributed by atoms with Crippen LogP contribution in [0.25, 0.3) is 34.0 Å². The molecule has 0 bridgehead atoms. The van der Waals surface area contributed by atoms with Gasteiger partial charge in [0.2, 0.25) is 28.9 Å². The third-order valence-corrected chi connectivity index (χ3v) is 8.42. The highest BCUT2D eigenvalue weighted by atomic mass is 16.2. The third-order valence-electron chi connectivity index (χ3n) is 8.42. The van der Waals surface area contributed by atoms with Crippen molar-refractivity contribution in [2.24, 2.45) is 18.9 Å². The summed E-state index contributed by atoms with van der Waals surface area (Å²) in [7, 11) is 2.07. The molecule has 268 valence electrons. The molecule has 0 unspecified atom stereocenters. The van der Waals surface area contributed by atoms with Crippen LogP contribution < -0.4 is 26.3 Å². The average Bonchev–Trinajstić information content (AvgIpc) is 3.49. The maximum absolute atomic E-state index is 12.7. The Bertz CT molecular complexity index is 1780. The number of anilines is 1. The number of benzene rings is 2. The van der Waals surface area contributed by atoms with Crippen LogP contribution in [0.5, 0.6) is 0 Å². The van der Waals surface area contributed by atoms with Gasteiger partial charge in [0.15, 0.2) is 0 Å². The molecule has 2 heterocycles. The first-order chi connectivity index (χ1) is 23.8. The Labute approximate surface area is 296 Å². The van der Waals surface area contributed by atoms with Gasteiger partial charge in [-0.25, -0.2) is 0 Å². The number of nitrogens with one attached hydrogen (secondary N) is 4. The maximum Gasteiger partial charge on any atom is 0.243 e. The number of nitrogens with zero attached hydrogens (tertiary/aromatic N) is 1. The normalized spacial score (nSPS) is 13.1. The predicted octanol–water partition coefficient (Wildman–Crippen LogP) is 5.84. The van der Waals surface area contributed by atoms with E-state index in [0.717, 1.165) is 46.9 Å². The molecule has 0 aliphatic rings. The lowest BCUT2D eigenvalue weighted by atomic mass is 9.99. The van der Waals surface area contributed by atoms with Gasteiger partial charge < -0.3 is 31.5 Å². The quantitative estimate of drug-likeness (QED) is 0.0789. The number of nitrogens with two attached hydrogens (primary N) is 1. The Hall–Kier alpha value is -4.99. The van der Waals surface area contributed by atoms with E-state index in [0.29, 0.717) is 19.3 Å². The summed E-state index contributed by atoms with van der Waals surface area (Å²) in [5.74, 6) is -0.650. The number of aromatic nitrogens is 2. The van der Waals surface area contributed by atoms with Gasteiger partial charge in [0, 0.05) is 42.2 Å². The van der Waals surface area contributed by atoms with Crippen molar-refractivity contribution < 1.29 is 23.7 Å². The predicted molar refractivity (Wildman–Crippen MR) is 203 cm³/mol. The van der Waals surface area contributed by atoms with Crippen molar-refractivity contribution in [3.63, 3.8) is 0 Å². The van der Waals surface area contributed by atoms with Crippen LogP contribution >= 0.6 is 0 Å². The number of aromatic amines is 1. The SMILES string of the molecule is CCCC[C@@H](C=O)NC(=O)[C@H](CC(C)C)NC(=O)[C@H](CC(C)C)NC(C)=O.C[n+]1c(/C=C/c2c[nH]c3ccccc23)cc(N)c2ccccc21. The van der Waals surface area contributed by atoms with E-state index in [9.17, 15) is 19.2 Å². The number of fused-ring (bicyclic) bond motifs is 2. The second kappa shape index (κ2) is 19.3. The lowest BCUT2D eigenvalue weighted by Crippen LogP contribution is -2.55. The number of unbranched alkanes of at least 4 members (excludes halogenated alkanes) is 1. The lowest BCUT2D eigenvalue weighted by molar-refractivity contribution is -0.646. The summed E-state index contributed by atoms with van der Waals surface area (Å²) in [4.78, 5) is 51.2. The number of aryl methyl sites for hydroxylation is 1. The van der Waals surface area contributed by atoms with Crippen LogP contribution in [0.1, 0.15) is 84.9 Å². The standard InChI is InChI=1S/C20H37N3O4.C20H17N3/c1-7-8-9-16(12-24)22-19(26)18(11-14(4)5)23-20(27)17(10-13(2)3)21-15(6)25;1-23-15(12-18(21)17-7-3-5-9-20(17)23)11-10-14-13-22-19-8-4-2-6-16(14)19/h12-14,16-18H,7-11H2,1-6H3,(H,21,25)(H,22,26)(H,23,27);2-13H,1H3,(H2,21,22)/p+1/t16-,17-,18-;/m0./s1. The van der Waals surface area contributed by atoms with Gasteiger partial charge in [0.1, 0.15) is 25.4 Å². The minimum atomic E-state index is -0.745. The van der Waals surface area contributed by atoms with E-state index in [4.69, 9.17) is 5.73 Å². The topological polar surface area (TPSA) is 150 Å². The number of nitrogen functional groups attached to an aromatic ring is 1. The summed E-state index contributed by atoms with van der Waals surface area (Å²) in [6.45, 7) is 11.2. The summed E-state index contributed by atoms with van der Waals surface area (Å²) in [6.07, 6.45) is 10.3. The Kier molecular flexibility index (Phi) is 15.2. The average molecular weight is 684 g/mol. The van der Waals surface area contributed by atoms with Crippen molar-refractivity contribution in [2.45, 2.75) is 91.8 Å². The van der Waals surface area contributed by atoms with Gasteiger partial charge in [-0.3, -0.25) is 14.4 Å². The Morgan fingerprint density at radius 3 is 2.08 bits per heavy atom. The van der Waals surface area contributed by atoms with E-state index < -0.39 is 18.1 Å². The Morgan fingerprint density at radius 1 is 0.860 bits per heavy atom. The molecular formula is C40H55N6O4+. The number of hydrogen-bond acceptors (Lipinski definition) is 5. The zero-order valence-electron chi connectivity index (χ0n) is 30.6. The molecule has 0 saturated heterocycles. The van der Waals surface area contributed by atoms with Crippen LogP contribution in [0.2, 0.25) is 0 Å². The number of amides is 3. The van der Waals surface area contributed by atoms with Crippen LogP contribution in [0.15, 0.2) is 60.8 Å². The van der Waals surface area contributed by atoms with Gasteiger partial charge >= 0.3 is 0 Å². The van der Waals surface area contributed by atoms with E-state index in [1.807, 2.05) is 65.1 Å². The molecule has 2 aromatic carbocycles. The smallest absolute Gasteiger partial charge is 0.243 e. The number of carbonyl (C=O) groups excluding carboxylic acids is 4. The fourth-order valence-corrected chi connectivity index (χ4v) is 5.86. The number of H-pyrrole nitrogens is 1. The fraction of sp³-hybridized carbons (Fsp3) is 0.425. The van der Waals surface area contributed by atoms with Gasteiger partial charge in [-0.15, -0.1) is 0 Å². The molecule has 10 heteroatoms. The van der Waals surface area contributed by atoms with E-state index in [1.165, 1.54) is 17.9 Å². The van der Waals surface area contributed by atoms with Crippen LogP contribution in [-0.4, -0.2) is 47.1 Å². The molecule has 0 radical (unpaired) electrons. The molecule has 0 aliphatic carbocycles. The highest BCUT2D eigenvalue weighted by Gasteiger charge is 2.28. The zero-order chi connectivity index (χ0) is 36.8. The summed E-state index contributed by atoms with van der Waals surface area (Å²) in [6, 6.07) is 16.5. The minimum absolute atomic E-state index is 0.177. The number of rotatable bonds is 15. The van der Waals surface area contributed by atoms with Crippen molar-refractivity contribution in [1.82, 2.24) is 20.9 Å². The van der Waals surface area contributed by atoms with Crippen LogP contribution in [0.3, 0.4) is 0 Å². The van der Waals surface area contributed by atoms with Gasteiger partial charge in [0.05, 0.1) is 17.1 Å². The largest absolute Gasteiger partial charge is 0.398 e. The fourth-order valence-electron chi connectivity index (χ4n) is 5.86. The molecule has 4 rings (SSSR count). The third kappa shape index (κ3) is 11.6. The number of pyridine rings is 1. The molecule has 0 spiro atoms. The molecular weight excluding hydrogens is 628 g/mol. The molecule has 0 saturated carbocycles. The Morgan fingerprint density at radius 2 is 1.46 bits per heavy atom. The molecule has 0 aliphatic heterocycles. The van der Waals surface area contributed by atoms with E-state index >= 15 is 0 Å². The van der Waals surface area contributed by atoms with Gasteiger partial charge in [-0.1, -0.05) is 77.8 Å². The second-order valence-corrected chi connectivity index (χ2v) is 13.7. The summed E-state index contributed by atoms with van der Waals surface area (Å²) >= 11 is 0. The monoisotopic (exact) mass is 683 g/mol. The van der Waals surface area contributed by atoms with Crippen molar-refractivity contribution in [3.05, 3.63) is 72.1 Å². The first kappa shape index (κ1) is 39.4. The molecule has 4 aromatic rings. The molecule has 10 nitrogen and oxygen atoms in total. The van der Waals surface area contributed by atoms with E-state index in [2.05, 4.69) is 75.0 Å². The van der Waals surface area contributed by atoms with E-state index in [1.54, 1.807) is 0 Å². The molecule has 2 aromatic heterocycles. The number of carbonyl (C=O) groups is 4. The maximum atomic E-state index is 12.7. The van der Waals surface area contributed by atoms with Crippen molar-refractivity contribution >= 4 is 63.7 Å². The summed E-state index contributed by atoms with van der Waals surface area (Å²) in [5, 5.41) is 10.4. The van der Waals surface area contributed by atoms with Crippen LogP contribution in [0, 0.1) is 11.8 Å². The number of para-hydroxylation sites is 2. The van der Waals surface area contributed by atoms with Crippen molar-refractivity contribution in [1.29, 1.82) is 0 Å². The first-order valence-corrected chi connectivity index (χ1v) is 17.6. The van der Waals surface area contributed by atoms with Crippen molar-refractivity contribution in [3.8, 4) is 0 Å². The van der Waals surface area contributed by atoms with Gasteiger partial charge in [-0.05, 0) is 54.9 Å². The second-order valence-electron chi connectivity index (χ2n) is 13.7. The number of aldehydes is 1. The molecule has 0 fully saturated rings. The van der Waals surface area contributed by atoms with Gasteiger partial charge in [0.25, 0.3) is 0 Å². The molecule has 50 heavy (non-hydrogen) atoms. The summed E-state index contributed by atoms with van der Waals surface area (Å²) in [5.41, 5.74) is 11.5. The van der Waals surface area contributed by atoms with Crippen molar-refractivity contribution in [2.75, 3.05) is 5.73 Å². The van der Waals surface area contributed by atoms with Gasteiger partial charge in [-0.2, -0.15) is 4.57 Å². The van der Waals surface area contributed by atoms with Crippen LogP contribution in [-0.2, 0) is 26.2 Å². The highest BCUT2D eigenvalue weighted by molar-refractivity contribution is 5.93. The van der Waals surface area contributed by atoms with E-state index in [-0.39, 0.29) is 29.6 Å². The summed E-state index contributed by atoms with van der Waals surface area (Å²) < 4.78 is 2.16.